The third kappa shape index (κ3) is 4.70. The zero-order valence-electron chi connectivity index (χ0n) is 12.1. The van der Waals surface area contributed by atoms with E-state index in [2.05, 4.69) is 10.3 Å². The minimum Gasteiger partial charge on any atom is -0.481 e. The Bertz CT molecular complexity index is 478. The molecule has 2 amide bonds. The number of hydrogen-bond donors (Lipinski definition) is 2. The summed E-state index contributed by atoms with van der Waals surface area (Å²) < 4.78 is 0. The van der Waals surface area contributed by atoms with Crippen molar-refractivity contribution < 1.29 is 14.7 Å². The summed E-state index contributed by atoms with van der Waals surface area (Å²) >= 11 is 1.52. The Morgan fingerprint density at radius 1 is 1.62 bits per heavy atom. The Balaban J connectivity index is 1.82. The average molecular weight is 311 g/mol. The number of aliphatic carboxylic acids is 1. The Morgan fingerprint density at radius 2 is 2.43 bits per heavy atom. The average Bonchev–Trinajstić information content (AvgIpc) is 2.99. The maximum atomic E-state index is 12.3. The summed E-state index contributed by atoms with van der Waals surface area (Å²) in [5.41, 5.74) is 0. The molecule has 1 aromatic heterocycles. The molecule has 0 radical (unpaired) electrons. The molecule has 7 heteroatoms. The smallest absolute Gasteiger partial charge is 0.317 e. The molecule has 2 N–H and O–H groups in total. The van der Waals surface area contributed by atoms with E-state index >= 15 is 0 Å². The number of piperidine rings is 1. The van der Waals surface area contributed by atoms with Crippen LogP contribution in [0.3, 0.4) is 0 Å². The normalized spacial score (nSPS) is 20.0. The van der Waals surface area contributed by atoms with E-state index in [-0.39, 0.29) is 24.4 Å². The van der Waals surface area contributed by atoms with Crippen LogP contribution in [0.2, 0.25) is 0 Å². The number of urea groups is 1. The number of carbonyl (C=O) groups is 2. The fraction of sp³-hybridized carbons (Fsp3) is 0.643. The van der Waals surface area contributed by atoms with Crippen LogP contribution in [0.5, 0.6) is 0 Å². The number of thiazole rings is 1. The van der Waals surface area contributed by atoms with E-state index < -0.39 is 5.97 Å². The molecule has 0 aromatic carbocycles. The highest BCUT2D eigenvalue weighted by Crippen LogP contribution is 2.22. The lowest BCUT2D eigenvalue weighted by atomic mass is 9.93. The number of nitrogens with one attached hydrogen (secondary N) is 1. The molecular weight excluding hydrogens is 290 g/mol. The highest BCUT2D eigenvalue weighted by molar-refractivity contribution is 7.09. The largest absolute Gasteiger partial charge is 0.481 e. The number of rotatable bonds is 5. The number of aromatic nitrogens is 1. The highest BCUT2D eigenvalue weighted by Gasteiger charge is 2.25. The first-order valence-corrected chi connectivity index (χ1v) is 8.11. The first-order valence-electron chi connectivity index (χ1n) is 7.23. The molecule has 0 saturated carbocycles. The van der Waals surface area contributed by atoms with Gasteiger partial charge in [-0.2, -0.15) is 0 Å². The van der Waals surface area contributed by atoms with Gasteiger partial charge in [-0.3, -0.25) is 4.79 Å². The Morgan fingerprint density at radius 3 is 3.10 bits per heavy atom. The summed E-state index contributed by atoms with van der Waals surface area (Å²) in [6, 6.07) is -0.186. The van der Waals surface area contributed by atoms with Gasteiger partial charge in [0, 0.05) is 31.1 Å². The van der Waals surface area contributed by atoms with Gasteiger partial charge in [-0.05, 0) is 32.1 Å². The maximum absolute atomic E-state index is 12.3. The molecule has 2 unspecified atom stereocenters. The molecule has 116 valence electrons. The van der Waals surface area contributed by atoms with Gasteiger partial charge in [-0.1, -0.05) is 0 Å². The molecule has 2 heterocycles. The molecular formula is C14H21N3O3S. The molecule has 2 rings (SSSR count). The Hall–Kier alpha value is -1.63. The van der Waals surface area contributed by atoms with Crippen LogP contribution in [0.4, 0.5) is 4.79 Å². The van der Waals surface area contributed by atoms with E-state index in [1.165, 1.54) is 11.3 Å². The van der Waals surface area contributed by atoms with E-state index in [1.807, 2.05) is 12.3 Å². The lowest BCUT2D eigenvalue weighted by molar-refractivity contribution is -0.137. The van der Waals surface area contributed by atoms with Crippen molar-refractivity contribution in [2.24, 2.45) is 5.92 Å². The van der Waals surface area contributed by atoms with Crippen molar-refractivity contribution in [3.05, 3.63) is 16.6 Å². The van der Waals surface area contributed by atoms with E-state index in [4.69, 9.17) is 5.11 Å². The molecule has 1 aromatic rings. The van der Waals surface area contributed by atoms with Crippen LogP contribution >= 0.6 is 11.3 Å². The van der Waals surface area contributed by atoms with Gasteiger partial charge in [0.1, 0.15) is 5.01 Å². The summed E-state index contributed by atoms with van der Waals surface area (Å²) in [4.78, 5) is 28.9. The van der Waals surface area contributed by atoms with Crippen molar-refractivity contribution in [1.82, 2.24) is 15.2 Å². The first-order chi connectivity index (χ1) is 10.1. The number of amides is 2. The molecule has 0 spiro atoms. The van der Waals surface area contributed by atoms with Gasteiger partial charge in [0.2, 0.25) is 0 Å². The van der Waals surface area contributed by atoms with Crippen molar-refractivity contribution in [3.63, 3.8) is 0 Å². The topological polar surface area (TPSA) is 82.5 Å². The molecule has 0 bridgehead atoms. The summed E-state index contributed by atoms with van der Waals surface area (Å²) in [6.07, 6.45) is 4.48. The fourth-order valence-corrected chi connectivity index (χ4v) is 3.25. The standard InChI is InChI=1S/C14H21N3O3S/c1-10(13-15-6-8-21-13)16-14(20)17-7-2-3-11(9-17)4-5-12(18)19/h6,8,10-11H,2-5,7,9H2,1H3,(H,16,20)(H,18,19). The Labute approximate surface area is 128 Å². The van der Waals surface area contributed by atoms with Gasteiger partial charge >= 0.3 is 12.0 Å². The highest BCUT2D eigenvalue weighted by atomic mass is 32.1. The quantitative estimate of drug-likeness (QED) is 0.875. The number of carboxylic acids is 1. The second kappa shape index (κ2) is 7.40. The minimum absolute atomic E-state index is 0.0854. The second-order valence-electron chi connectivity index (χ2n) is 5.43. The van der Waals surface area contributed by atoms with Gasteiger partial charge in [0.15, 0.2) is 0 Å². The van der Waals surface area contributed by atoms with Crippen LogP contribution in [0.1, 0.15) is 43.7 Å². The lowest BCUT2D eigenvalue weighted by Crippen LogP contribution is -2.46. The van der Waals surface area contributed by atoms with Crippen molar-refractivity contribution in [1.29, 1.82) is 0 Å². The van der Waals surface area contributed by atoms with Gasteiger partial charge in [0.25, 0.3) is 0 Å². The van der Waals surface area contributed by atoms with Crippen molar-refractivity contribution >= 4 is 23.3 Å². The predicted octanol–water partition coefficient (Wildman–Crippen LogP) is 2.49. The number of carbonyl (C=O) groups excluding carboxylic acids is 1. The molecule has 1 saturated heterocycles. The van der Waals surface area contributed by atoms with Crippen LogP contribution in [0, 0.1) is 5.92 Å². The zero-order valence-corrected chi connectivity index (χ0v) is 12.9. The zero-order chi connectivity index (χ0) is 15.2. The second-order valence-corrected chi connectivity index (χ2v) is 6.35. The van der Waals surface area contributed by atoms with Crippen molar-refractivity contribution in [2.75, 3.05) is 13.1 Å². The van der Waals surface area contributed by atoms with E-state index in [0.717, 1.165) is 24.4 Å². The third-order valence-electron chi connectivity index (χ3n) is 3.73. The first kappa shape index (κ1) is 15.8. The lowest BCUT2D eigenvalue weighted by Gasteiger charge is -2.33. The summed E-state index contributed by atoms with van der Waals surface area (Å²) in [5, 5.41) is 14.5. The van der Waals surface area contributed by atoms with Gasteiger partial charge < -0.3 is 15.3 Å². The summed E-state index contributed by atoms with van der Waals surface area (Å²) in [5.74, 6) is -0.482. The number of carboxylic acid groups (broad SMARTS) is 1. The van der Waals surface area contributed by atoms with Crippen LogP contribution in [0.25, 0.3) is 0 Å². The van der Waals surface area contributed by atoms with Crippen LogP contribution in [-0.2, 0) is 4.79 Å². The molecule has 0 aliphatic carbocycles. The molecule has 1 aliphatic heterocycles. The van der Waals surface area contributed by atoms with Crippen LogP contribution in [-0.4, -0.2) is 40.1 Å². The molecule has 6 nitrogen and oxygen atoms in total. The molecule has 2 atom stereocenters. The SMILES string of the molecule is CC(NC(=O)N1CCCC(CCC(=O)O)C1)c1nccs1. The van der Waals surface area contributed by atoms with Gasteiger partial charge in [-0.25, -0.2) is 9.78 Å². The number of likely N-dealkylation sites (tertiary alicyclic amines) is 1. The monoisotopic (exact) mass is 311 g/mol. The Kier molecular flexibility index (Phi) is 5.55. The van der Waals surface area contributed by atoms with E-state index in [1.54, 1.807) is 11.1 Å². The summed E-state index contributed by atoms with van der Waals surface area (Å²) in [7, 11) is 0. The number of hydrogen-bond acceptors (Lipinski definition) is 4. The van der Waals surface area contributed by atoms with E-state index in [0.29, 0.717) is 13.0 Å². The molecule has 1 aliphatic rings. The van der Waals surface area contributed by atoms with E-state index in [9.17, 15) is 9.59 Å². The fourth-order valence-electron chi connectivity index (χ4n) is 2.60. The van der Waals surface area contributed by atoms with Crippen LogP contribution in [0.15, 0.2) is 11.6 Å². The maximum Gasteiger partial charge on any atom is 0.317 e. The van der Waals surface area contributed by atoms with Crippen LogP contribution < -0.4 is 5.32 Å². The predicted molar refractivity (Wildman–Crippen MR) is 80.2 cm³/mol. The van der Waals surface area contributed by atoms with Crippen molar-refractivity contribution in [2.45, 2.75) is 38.6 Å². The summed E-state index contributed by atoms with van der Waals surface area (Å²) in [6.45, 7) is 3.30. The third-order valence-corrected chi connectivity index (χ3v) is 4.69. The molecule has 21 heavy (non-hydrogen) atoms. The minimum atomic E-state index is -0.769. The van der Waals surface area contributed by atoms with Gasteiger partial charge in [0.05, 0.1) is 6.04 Å². The molecule has 1 fully saturated rings. The van der Waals surface area contributed by atoms with Crippen molar-refractivity contribution in [3.8, 4) is 0 Å². The van der Waals surface area contributed by atoms with Gasteiger partial charge in [-0.15, -0.1) is 11.3 Å². The number of nitrogens with zero attached hydrogens (tertiary/aromatic N) is 2.